The first-order chi connectivity index (χ1) is 11.6. The zero-order chi connectivity index (χ0) is 17.0. The molecule has 0 atom stereocenters. The monoisotopic (exact) mass is 336 g/mol. The normalized spacial score (nSPS) is 20.1. The van der Waals surface area contributed by atoms with Gasteiger partial charge < -0.3 is 18.8 Å². The second kappa shape index (κ2) is 7.34. The number of nitrogens with zero attached hydrogens (tertiary/aromatic N) is 2. The zero-order valence-corrected chi connectivity index (χ0v) is 14.1. The van der Waals surface area contributed by atoms with Crippen molar-refractivity contribution >= 4 is 11.9 Å². The van der Waals surface area contributed by atoms with Gasteiger partial charge in [0.15, 0.2) is 12.1 Å². The van der Waals surface area contributed by atoms with Crippen molar-refractivity contribution in [2.24, 2.45) is 0 Å². The molecule has 2 aliphatic rings. The quantitative estimate of drug-likeness (QED) is 0.782. The van der Waals surface area contributed by atoms with Crippen LogP contribution >= 0.6 is 0 Å². The molecule has 2 fully saturated rings. The Balaban J connectivity index is 1.57. The van der Waals surface area contributed by atoms with Gasteiger partial charge in [0.2, 0.25) is 5.91 Å². The van der Waals surface area contributed by atoms with E-state index in [1.807, 2.05) is 4.90 Å². The van der Waals surface area contributed by atoms with E-state index in [0.29, 0.717) is 31.9 Å². The Morgan fingerprint density at radius 2 is 2.12 bits per heavy atom. The van der Waals surface area contributed by atoms with E-state index >= 15 is 0 Å². The Bertz CT molecular complexity index is 586. The summed E-state index contributed by atoms with van der Waals surface area (Å²) in [5.41, 5.74) is 0.00582. The lowest BCUT2D eigenvalue weighted by molar-refractivity contribution is -0.156. The first kappa shape index (κ1) is 17.0. The van der Waals surface area contributed by atoms with Crippen molar-refractivity contribution in [2.75, 3.05) is 26.8 Å². The highest BCUT2D eigenvalue weighted by atomic mass is 16.5. The van der Waals surface area contributed by atoms with Crippen molar-refractivity contribution < 1.29 is 23.5 Å². The minimum Gasteiger partial charge on any atom is -0.464 e. The molecule has 1 aliphatic carbocycles. The predicted octanol–water partition coefficient (Wildman–Crippen LogP) is 1.96. The molecule has 7 heteroatoms. The summed E-state index contributed by atoms with van der Waals surface area (Å²) in [6.45, 7) is 1.90. The number of aryl methyl sites for hydroxylation is 1. The molecule has 3 rings (SSSR count). The molecule has 0 radical (unpaired) electrons. The highest BCUT2D eigenvalue weighted by molar-refractivity contribution is 5.88. The molecule has 0 bridgehead atoms. The van der Waals surface area contributed by atoms with Crippen LogP contribution in [0, 0.1) is 0 Å². The maximum Gasteiger partial charge on any atom is 0.360 e. The summed E-state index contributed by atoms with van der Waals surface area (Å²) in [5.74, 6) is -0.0787. The van der Waals surface area contributed by atoms with Crippen LogP contribution in [-0.4, -0.2) is 54.2 Å². The lowest BCUT2D eigenvalue weighted by Gasteiger charge is -2.45. The van der Waals surface area contributed by atoms with Gasteiger partial charge in [0, 0.05) is 25.9 Å². The number of hydrogen-bond acceptors (Lipinski definition) is 6. The molecule has 0 unspecified atom stereocenters. The van der Waals surface area contributed by atoms with Crippen LogP contribution in [0.5, 0.6) is 0 Å². The largest absolute Gasteiger partial charge is 0.464 e. The molecule has 1 aromatic rings. The number of esters is 1. The Morgan fingerprint density at radius 3 is 2.88 bits per heavy atom. The van der Waals surface area contributed by atoms with Gasteiger partial charge in [0.05, 0.1) is 19.3 Å². The number of rotatable bonds is 4. The van der Waals surface area contributed by atoms with Gasteiger partial charge in [-0.05, 0) is 12.8 Å². The summed E-state index contributed by atoms with van der Waals surface area (Å²) in [6.07, 6.45) is 7.49. The average molecular weight is 336 g/mol. The van der Waals surface area contributed by atoms with Gasteiger partial charge in [0.25, 0.3) is 0 Å². The highest BCUT2D eigenvalue weighted by Crippen LogP contribution is 2.34. The first-order valence-corrected chi connectivity index (χ1v) is 8.56. The Kier molecular flexibility index (Phi) is 5.18. The second-order valence-corrected chi connectivity index (χ2v) is 6.52. The summed E-state index contributed by atoms with van der Waals surface area (Å²) < 4.78 is 15.9. The summed E-state index contributed by atoms with van der Waals surface area (Å²) in [4.78, 5) is 29.9. The van der Waals surface area contributed by atoms with Gasteiger partial charge >= 0.3 is 5.97 Å². The van der Waals surface area contributed by atoms with E-state index in [4.69, 9.17) is 9.15 Å². The van der Waals surface area contributed by atoms with Crippen LogP contribution in [0.2, 0.25) is 0 Å². The van der Waals surface area contributed by atoms with E-state index < -0.39 is 5.97 Å². The molecule has 7 nitrogen and oxygen atoms in total. The molecule has 1 spiro atoms. The average Bonchev–Trinajstić information content (AvgIpc) is 3.08. The van der Waals surface area contributed by atoms with Crippen molar-refractivity contribution in [3.05, 3.63) is 17.8 Å². The van der Waals surface area contributed by atoms with Crippen molar-refractivity contribution in [1.29, 1.82) is 0 Å². The smallest absolute Gasteiger partial charge is 0.360 e. The maximum absolute atomic E-state index is 12.6. The molecular weight excluding hydrogens is 312 g/mol. The molecular formula is C17H24N2O5. The van der Waals surface area contributed by atoms with Crippen LogP contribution in [0.15, 0.2) is 10.8 Å². The molecule has 1 aliphatic heterocycles. The number of morpholine rings is 1. The standard InChI is InChI=1S/C17H24N2O5/c1-22-16(21)15-13(23-12-18-15)5-6-14(20)19-9-10-24-17(11-19)7-3-2-4-8-17/h12H,2-11H2,1H3. The number of aromatic nitrogens is 1. The molecule has 24 heavy (non-hydrogen) atoms. The molecule has 2 heterocycles. The molecule has 0 N–H and O–H groups in total. The van der Waals surface area contributed by atoms with Gasteiger partial charge in [-0.3, -0.25) is 4.79 Å². The third-order valence-corrected chi connectivity index (χ3v) is 4.95. The SMILES string of the molecule is COC(=O)c1ncoc1CCC(=O)N1CCOC2(CCCCC2)C1. The number of amides is 1. The number of ether oxygens (including phenoxy) is 2. The summed E-state index contributed by atoms with van der Waals surface area (Å²) in [5, 5.41) is 0. The second-order valence-electron chi connectivity index (χ2n) is 6.52. The fraction of sp³-hybridized carbons (Fsp3) is 0.706. The first-order valence-electron chi connectivity index (χ1n) is 8.56. The van der Waals surface area contributed by atoms with E-state index in [2.05, 4.69) is 9.72 Å². The molecule has 1 saturated carbocycles. The van der Waals surface area contributed by atoms with Crippen LogP contribution in [-0.2, 0) is 20.7 Å². The Labute approximate surface area is 141 Å². The molecule has 0 aromatic carbocycles. The lowest BCUT2D eigenvalue weighted by atomic mass is 9.83. The van der Waals surface area contributed by atoms with Gasteiger partial charge in [0.1, 0.15) is 5.76 Å². The lowest BCUT2D eigenvalue weighted by Crippen LogP contribution is -2.54. The number of hydrogen-bond donors (Lipinski definition) is 0. The highest BCUT2D eigenvalue weighted by Gasteiger charge is 2.39. The molecule has 1 amide bonds. The van der Waals surface area contributed by atoms with Crippen LogP contribution in [0.3, 0.4) is 0 Å². The van der Waals surface area contributed by atoms with Gasteiger partial charge in [-0.2, -0.15) is 0 Å². The summed E-state index contributed by atoms with van der Waals surface area (Å²) in [6, 6.07) is 0. The Hall–Kier alpha value is -1.89. The fourth-order valence-electron chi connectivity index (χ4n) is 3.65. The van der Waals surface area contributed by atoms with Gasteiger partial charge in [-0.25, -0.2) is 9.78 Å². The summed E-state index contributed by atoms with van der Waals surface area (Å²) in [7, 11) is 1.29. The van der Waals surface area contributed by atoms with E-state index in [1.165, 1.54) is 32.8 Å². The van der Waals surface area contributed by atoms with Crippen LogP contribution < -0.4 is 0 Å². The number of methoxy groups -OCH3 is 1. The van der Waals surface area contributed by atoms with Crippen molar-refractivity contribution in [2.45, 2.75) is 50.5 Å². The molecule has 132 valence electrons. The van der Waals surface area contributed by atoms with E-state index in [0.717, 1.165) is 12.8 Å². The predicted molar refractivity (Wildman–Crippen MR) is 84.5 cm³/mol. The van der Waals surface area contributed by atoms with Crippen molar-refractivity contribution in [3.8, 4) is 0 Å². The summed E-state index contributed by atoms with van der Waals surface area (Å²) >= 11 is 0. The van der Waals surface area contributed by atoms with E-state index in [1.54, 1.807) is 0 Å². The third kappa shape index (κ3) is 3.61. The minimum absolute atomic E-state index is 0.0652. The van der Waals surface area contributed by atoms with Crippen molar-refractivity contribution in [1.82, 2.24) is 9.88 Å². The van der Waals surface area contributed by atoms with Crippen LogP contribution in [0.4, 0.5) is 0 Å². The van der Waals surface area contributed by atoms with E-state index in [9.17, 15) is 9.59 Å². The third-order valence-electron chi connectivity index (χ3n) is 4.95. The van der Waals surface area contributed by atoms with Gasteiger partial charge in [-0.15, -0.1) is 0 Å². The number of carbonyl (C=O) groups excluding carboxylic acids is 2. The van der Waals surface area contributed by atoms with Gasteiger partial charge in [-0.1, -0.05) is 19.3 Å². The zero-order valence-electron chi connectivity index (χ0n) is 14.1. The number of carbonyl (C=O) groups is 2. The maximum atomic E-state index is 12.6. The van der Waals surface area contributed by atoms with E-state index in [-0.39, 0.29) is 23.6 Å². The molecule has 1 aromatic heterocycles. The topological polar surface area (TPSA) is 81.9 Å². The number of oxazole rings is 1. The fourth-order valence-corrected chi connectivity index (χ4v) is 3.65. The van der Waals surface area contributed by atoms with Crippen LogP contribution in [0.1, 0.15) is 54.8 Å². The molecule has 1 saturated heterocycles. The Morgan fingerprint density at radius 1 is 1.33 bits per heavy atom. The van der Waals surface area contributed by atoms with Crippen molar-refractivity contribution in [3.63, 3.8) is 0 Å². The van der Waals surface area contributed by atoms with Crippen LogP contribution in [0.25, 0.3) is 0 Å². The minimum atomic E-state index is -0.543.